The molecule has 1 fully saturated rings. The van der Waals surface area contributed by atoms with Crippen molar-refractivity contribution in [3.8, 4) is 0 Å². The van der Waals surface area contributed by atoms with Crippen molar-refractivity contribution in [2.45, 2.75) is 36.7 Å². The largest absolute Gasteiger partial charge is 0.480 e. The van der Waals surface area contributed by atoms with Gasteiger partial charge in [0.2, 0.25) is 0 Å². The Morgan fingerprint density at radius 1 is 1.27 bits per heavy atom. The van der Waals surface area contributed by atoms with E-state index in [-0.39, 0.29) is 0 Å². The highest BCUT2D eigenvalue weighted by atomic mass is 16.6. The molecule has 8 nitrogen and oxygen atoms in total. The van der Waals surface area contributed by atoms with Crippen LogP contribution in [0.25, 0.3) is 0 Å². The molecule has 1 aliphatic rings. The van der Waals surface area contributed by atoms with Gasteiger partial charge in [0.05, 0.1) is 6.04 Å². The Kier molecular flexibility index (Phi) is 3.60. The molecule has 0 aromatic rings. The molecule has 88 valence electrons. The summed E-state index contributed by atoms with van der Waals surface area (Å²) in [6.45, 7) is 0. The van der Waals surface area contributed by atoms with Crippen LogP contribution in [0.4, 0.5) is 0 Å². The average molecular weight is 222 g/mol. The molecule has 1 heterocycles. The molecule has 6 unspecified atom stereocenters. The Bertz CT molecular complexity index is 250. The minimum absolute atomic E-state index is 1.17. The molecule has 8 heteroatoms. The lowest BCUT2D eigenvalue weighted by atomic mass is 9.93. The average Bonchev–Trinajstić information content (AvgIpc) is 2.19. The quantitative estimate of drug-likeness (QED) is 0.277. The number of rotatable bonds is 2. The molecule has 0 radical (unpaired) electrons. The van der Waals surface area contributed by atoms with Crippen molar-refractivity contribution in [1.29, 1.82) is 0 Å². The molecule has 15 heavy (non-hydrogen) atoms. The third-order valence-electron chi connectivity index (χ3n) is 2.35. The van der Waals surface area contributed by atoms with Crippen LogP contribution in [0.15, 0.2) is 0 Å². The zero-order chi connectivity index (χ0) is 11.7. The summed E-state index contributed by atoms with van der Waals surface area (Å²) < 4.78 is 4.72. The Balaban J connectivity index is 2.78. The van der Waals surface area contributed by atoms with Crippen molar-refractivity contribution in [2.75, 3.05) is 0 Å². The molecule has 1 saturated heterocycles. The summed E-state index contributed by atoms with van der Waals surface area (Å²) in [5.41, 5.74) is 10.7. The van der Waals surface area contributed by atoms with Crippen molar-refractivity contribution in [3.63, 3.8) is 0 Å². The first-order valence-corrected chi connectivity index (χ1v) is 4.30. The van der Waals surface area contributed by atoms with Gasteiger partial charge in [0, 0.05) is 0 Å². The lowest BCUT2D eigenvalue weighted by Gasteiger charge is -2.40. The summed E-state index contributed by atoms with van der Waals surface area (Å²) in [4.78, 5) is 10.6. The van der Waals surface area contributed by atoms with E-state index in [1.165, 1.54) is 0 Å². The number of aliphatic hydroxyl groups is 3. The zero-order valence-electron chi connectivity index (χ0n) is 7.72. The number of carbonyl (C=O) groups is 1. The van der Waals surface area contributed by atoms with E-state index < -0.39 is 42.7 Å². The number of aliphatic carboxylic acids is 1. The SMILES string of the molecule is NC(C(=O)O)C1OC(O)C(O)C(O)C1N. The van der Waals surface area contributed by atoms with Crippen molar-refractivity contribution in [2.24, 2.45) is 11.5 Å². The van der Waals surface area contributed by atoms with E-state index in [4.69, 9.17) is 31.5 Å². The Morgan fingerprint density at radius 3 is 2.27 bits per heavy atom. The number of carboxylic acids is 1. The van der Waals surface area contributed by atoms with Crippen LogP contribution in [0.5, 0.6) is 0 Å². The van der Waals surface area contributed by atoms with E-state index in [1.807, 2.05) is 0 Å². The van der Waals surface area contributed by atoms with Gasteiger partial charge >= 0.3 is 5.97 Å². The van der Waals surface area contributed by atoms with Crippen LogP contribution in [-0.4, -0.2) is 63.1 Å². The number of hydrogen-bond donors (Lipinski definition) is 6. The molecule has 0 spiro atoms. The van der Waals surface area contributed by atoms with Crippen LogP contribution in [0, 0.1) is 0 Å². The van der Waals surface area contributed by atoms with E-state index in [0.717, 1.165) is 0 Å². The summed E-state index contributed by atoms with van der Waals surface area (Å²) in [5.74, 6) is -1.37. The van der Waals surface area contributed by atoms with Gasteiger partial charge in [-0.05, 0) is 0 Å². The van der Waals surface area contributed by atoms with Crippen molar-refractivity contribution < 1.29 is 30.0 Å². The maximum Gasteiger partial charge on any atom is 0.323 e. The van der Waals surface area contributed by atoms with Crippen LogP contribution in [0.1, 0.15) is 0 Å². The Morgan fingerprint density at radius 2 is 1.80 bits per heavy atom. The highest BCUT2D eigenvalue weighted by Crippen LogP contribution is 2.20. The van der Waals surface area contributed by atoms with Crippen LogP contribution < -0.4 is 11.5 Å². The number of ether oxygens (including phenoxy) is 1. The molecule has 1 aliphatic heterocycles. The summed E-state index contributed by atoms with van der Waals surface area (Å²) in [7, 11) is 0. The fourth-order valence-electron chi connectivity index (χ4n) is 1.39. The summed E-state index contributed by atoms with van der Waals surface area (Å²) in [5, 5.41) is 36.3. The second-order valence-corrected chi connectivity index (χ2v) is 3.41. The first-order valence-electron chi connectivity index (χ1n) is 4.30. The molecular weight excluding hydrogens is 208 g/mol. The predicted molar refractivity (Wildman–Crippen MR) is 46.5 cm³/mol. The standard InChI is InChI=1S/C7H14N2O6/c8-1-3(10)4(11)7(14)15-5(1)2(9)6(12)13/h1-5,7,10-11,14H,8-9H2,(H,12,13). The fraction of sp³-hybridized carbons (Fsp3) is 0.857. The monoisotopic (exact) mass is 222 g/mol. The second-order valence-electron chi connectivity index (χ2n) is 3.41. The third kappa shape index (κ3) is 2.25. The molecule has 0 amide bonds. The minimum atomic E-state index is -1.70. The van der Waals surface area contributed by atoms with E-state index >= 15 is 0 Å². The van der Waals surface area contributed by atoms with E-state index in [0.29, 0.717) is 0 Å². The number of aliphatic hydroxyl groups excluding tert-OH is 3. The maximum absolute atomic E-state index is 10.6. The van der Waals surface area contributed by atoms with Gasteiger partial charge in [-0.1, -0.05) is 0 Å². The molecule has 0 bridgehead atoms. The Labute approximate surface area is 85.1 Å². The van der Waals surface area contributed by atoms with Gasteiger partial charge < -0.3 is 36.6 Å². The first kappa shape index (κ1) is 12.3. The molecule has 0 aliphatic carbocycles. The van der Waals surface area contributed by atoms with Gasteiger partial charge in [0.15, 0.2) is 6.29 Å². The smallest absolute Gasteiger partial charge is 0.323 e. The van der Waals surface area contributed by atoms with Crippen molar-refractivity contribution >= 4 is 5.97 Å². The predicted octanol–water partition coefficient (Wildman–Crippen LogP) is -3.84. The van der Waals surface area contributed by atoms with Gasteiger partial charge in [-0.3, -0.25) is 4.79 Å². The summed E-state index contributed by atoms with van der Waals surface area (Å²) in [6.07, 6.45) is -6.01. The van der Waals surface area contributed by atoms with E-state index in [2.05, 4.69) is 0 Å². The van der Waals surface area contributed by atoms with Gasteiger partial charge in [0.25, 0.3) is 0 Å². The first-order chi connectivity index (χ1) is 6.86. The molecule has 0 aromatic carbocycles. The number of hydrogen-bond acceptors (Lipinski definition) is 7. The summed E-state index contributed by atoms with van der Waals surface area (Å²) in [6, 6.07) is -2.65. The Hall–Kier alpha value is -0.770. The van der Waals surface area contributed by atoms with Gasteiger partial charge in [0.1, 0.15) is 24.4 Å². The zero-order valence-corrected chi connectivity index (χ0v) is 7.72. The molecule has 8 N–H and O–H groups in total. The maximum atomic E-state index is 10.6. The van der Waals surface area contributed by atoms with E-state index in [9.17, 15) is 9.90 Å². The van der Waals surface area contributed by atoms with Crippen molar-refractivity contribution in [1.82, 2.24) is 0 Å². The van der Waals surface area contributed by atoms with Crippen LogP contribution >= 0.6 is 0 Å². The molecule has 0 aromatic heterocycles. The van der Waals surface area contributed by atoms with Crippen LogP contribution in [0.2, 0.25) is 0 Å². The highest BCUT2D eigenvalue weighted by Gasteiger charge is 2.45. The lowest BCUT2D eigenvalue weighted by Crippen LogP contribution is -2.66. The van der Waals surface area contributed by atoms with Crippen LogP contribution in [-0.2, 0) is 9.53 Å². The lowest BCUT2D eigenvalue weighted by molar-refractivity contribution is -0.256. The van der Waals surface area contributed by atoms with Gasteiger partial charge in [-0.25, -0.2) is 0 Å². The molecular formula is C7H14N2O6. The molecule has 0 saturated carbocycles. The number of nitrogens with two attached hydrogens (primary N) is 2. The fourth-order valence-corrected chi connectivity index (χ4v) is 1.39. The minimum Gasteiger partial charge on any atom is -0.480 e. The normalized spacial score (nSPS) is 43.7. The van der Waals surface area contributed by atoms with Crippen LogP contribution in [0.3, 0.4) is 0 Å². The molecule has 6 atom stereocenters. The van der Waals surface area contributed by atoms with Gasteiger partial charge in [-0.15, -0.1) is 0 Å². The van der Waals surface area contributed by atoms with Gasteiger partial charge in [-0.2, -0.15) is 0 Å². The number of carboxylic acid groups (broad SMARTS) is 1. The molecule has 1 rings (SSSR count). The highest BCUT2D eigenvalue weighted by molar-refractivity contribution is 5.74. The second kappa shape index (κ2) is 4.39. The third-order valence-corrected chi connectivity index (χ3v) is 2.35. The topological polar surface area (TPSA) is 159 Å². The van der Waals surface area contributed by atoms with Crippen molar-refractivity contribution in [3.05, 3.63) is 0 Å². The van der Waals surface area contributed by atoms with E-state index in [1.54, 1.807) is 0 Å². The summed E-state index contributed by atoms with van der Waals surface area (Å²) >= 11 is 0.